The van der Waals surface area contributed by atoms with Gasteiger partial charge in [-0.25, -0.2) is 4.39 Å². The zero-order valence-electron chi connectivity index (χ0n) is 20.4. The van der Waals surface area contributed by atoms with Gasteiger partial charge in [-0.15, -0.1) is 0 Å². The number of aliphatic hydroxyl groups excluding tert-OH is 2. The van der Waals surface area contributed by atoms with Gasteiger partial charge in [-0.2, -0.15) is 5.06 Å². The maximum absolute atomic E-state index is 14.2. The molecule has 34 heavy (non-hydrogen) atoms. The largest absolute Gasteiger partial charge is 0.495 e. The molecule has 9 heteroatoms. The number of nitrogens with one attached hydrogen (secondary N) is 1. The number of amides is 1. The predicted molar refractivity (Wildman–Crippen MR) is 128 cm³/mol. The Hall–Kier alpha value is -1.26. The van der Waals surface area contributed by atoms with Gasteiger partial charge in [0.15, 0.2) is 0 Å². The van der Waals surface area contributed by atoms with Crippen molar-refractivity contribution in [2.24, 2.45) is 29.1 Å². The second-order valence-electron chi connectivity index (χ2n) is 10.8. The lowest BCUT2D eigenvalue weighted by molar-refractivity contribution is -0.183. The number of rotatable bonds is 7. The number of ether oxygens (including phenoxy) is 1. The van der Waals surface area contributed by atoms with Crippen molar-refractivity contribution in [1.29, 1.82) is 0 Å². The fourth-order valence-corrected chi connectivity index (χ4v) is 7.25. The molecule has 1 aromatic rings. The smallest absolute Gasteiger partial charge is 0.240 e. The predicted octanol–water partition coefficient (Wildman–Crippen LogP) is 3.26. The van der Waals surface area contributed by atoms with Gasteiger partial charge in [0, 0.05) is 17.5 Å². The minimum absolute atomic E-state index is 0.0480. The fourth-order valence-electron chi connectivity index (χ4n) is 6.61. The molecule has 0 spiro atoms. The molecular formula is C25H36BrFN2O5. The molecule has 0 aromatic heterocycles. The van der Waals surface area contributed by atoms with Gasteiger partial charge in [-0.3, -0.25) is 9.63 Å². The van der Waals surface area contributed by atoms with Crippen molar-refractivity contribution in [3.8, 4) is 5.75 Å². The number of benzene rings is 1. The summed E-state index contributed by atoms with van der Waals surface area (Å²) in [6, 6.07) is 1.85. The van der Waals surface area contributed by atoms with Crippen LogP contribution in [-0.2, 0) is 16.2 Å². The monoisotopic (exact) mass is 542 g/mol. The highest BCUT2D eigenvalue weighted by molar-refractivity contribution is 9.10. The Bertz CT molecular complexity index is 929. The van der Waals surface area contributed by atoms with E-state index in [-0.39, 0.29) is 25.1 Å². The van der Waals surface area contributed by atoms with E-state index < -0.39 is 30.0 Å². The summed E-state index contributed by atoms with van der Waals surface area (Å²) in [6.07, 6.45) is 0.485. The first kappa shape index (κ1) is 25.8. The highest BCUT2D eigenvalue weighted by Gasteiger charge is 2.57. The van der Waals surface area contributed by atoms with Crippen molar-refractivity contribution in [1.82, 2.24) is 10.4 Å². The third-order valence-electron chi connectivity index (χ3n) is 8.68. The number of carbonyl (C=O) groups is 1. The van der Waals surface area contributed by atoms with Crippen molar-refractivity contribution >= 4 is 21.8 Å². The number of hydroxylamine groups is 2. The van der Waals surface area contributed by atoms with Crippen LogP contribution >= 0.6 is 15.9 Å². The summed E-state index contributed by atoms with van der Waals surface area (Å²) >= 11 is 3.32. The SMILES string of the molecule is COc1c(Br)cc(F)cc1CN1O[C@@H](CO)[C@@H]([C@H](C)O)[C@H]1C(=O)N[C@H]1C[C@@H]2C[C@H]([C@@H]1C)C2(C)C. The van der Waals surface area contributed by atoms with Crippen LogP contribution in [0.3, 0.4) is 0 Å². The summed E-state index contributed by atoms with van der Waals surface area (Å²) in [6.45, 7) is 8.13. The van der Waals surface area contributed by atoms with Gasteiger partial charge in [-0.05, 0) is 71.0 Å². The molecule has 190 valence electrons. The van der Waals surface area contributed by atoms with Crippen LogP contribution in [0.5, 0.6) is 5.75 Å². The number of fused-ring (bicyclic) bond motifs is 2. The third-order valence-corrected chi connectivity index (χ3v) is 9.27. The number of halogens is 2. The van der Waals surface area contributed by atoms with E-state index in [9.17, 15) is 19.4 Å². The summed E-state index contributed by atoms with van der Waals surface area (Å²) < 4.78 is 20.1. The third kappa shape index (κ3) is 4.39. The molecule has 7 nitrogen and oxygen atoms in total. The normalized spacial score (nSPS) is 35.5. The lowest BCUT2D eigenvalue weighted by Gasteiger charge is -2.62. The Labute approximate surface area is 209 Å². The maximum atomic E-state index is 14.2. The second-order valence-corrected chi connectivity index (χ2v) is 11.7. The van der Waals surface area contributed by atoms with Gasteiger partial charge in [0.25, 0.3) is 0 Å². The minimum Gasteiger partial charge on any atom is -0.495 e. The quantitative estimate of drug-likeness (QED) is 0.489. The standard InChI is InChI=1S/C25H36BrFN2O5/c1-12-17-7-15(25(17,3)4)8-19(12)28-24(32)22-21(13(2)31)20(11-30)34-29(22)10-14-6-16(27)9-18(26)23(14)33-5/h6,9,12-13,15,17,19-22,30-31H,7-8,10-11H2,1-5H3,(H,28,32)/t12-,13-,15-,17+,19-,20-,21+,22-/m0/s1. The molecule has 3 N–H and O–H groups in total. The molecule has 1 heterocycles. The van der Waals surface area contributed by atoms with E-state index in [1.54, 1.807) is 6.92 Å². The first-order chi connectivity index (χ1) is 16.0. The van der Waals surface area contributed by atoms with Crippen LogP contribution in [0.15, 0.2) is 16.6 Å². The van der Waals surface area contributed by atoms with E-state index in [1.165, 1.54) is 30.7 Å². The molecule has 1 aliphatic heterocycles. The molecule has 3 aliphatic carbocycles. The minimum atomic E-state index is -0.893. The summed E-state index contributed by atoms with van der Waals surface area (Å²) in [5.41, 5.74) is 0.790. The van der Waals surface area contributed by atoms with E-state index in [0.29, 0.717) is 39.0 Å². The molecule has 8 atom stereocenters. The van der Waals surface area contributed by atoms with E-state index in [4.69, 9.17) is 9.57 Å². The van der Waals surface area contributed by atoms with Crippen molar-refractivity contribution in [3.05, 3.63) is 28.0 Å². The number of aliphatic hydroxyl groups is 2. The summed E-state index contributed by atoms with van der Waals surface area (Å²) in [5, 5.41) is 25.2. The molecule has 1 saturated heterocycles. The molecule has 4 aliphatic rings. The van der Waals surface area contributed by atoms with Crippen molar-refractivity contribution < 1.29 is 29.0 Å². The van der Waals surface area contributed by atoms with Crippen molar-refractivity contribution in [2.75, 3.05) is 13.7 Å². The Morgan fingerprint density at radius 1 is 1.41 bits per heavy atom. The van der Waals surface area contributed by atoms with Crippen LogP contribution in [-0.4, -0.2) is 59.2 Å². The number of carbonyl (C=O) groups excluding carboxylic acids is 1. The molecule has 0 unspecified atom stereocenters. The molecule has 5 rings (SSSR count). The van der Waals surface area contributed by atoms with Crippen LogP contribution in [0.4, 0.5) is 4.39 Å². The molecule has 0 radical (unpaired) electrons. The summed E-state index contributed by atoms with van der Waals surface area (Å²) in [5.74, 6) is 0.600. The highest BCUT2D eigenvalue weighted by atomic mass is 79.9. The molecule has 4 fully saturated rings. The number of nitrogens with zero attached hydrogens (tertiary/aromatic N) is 1. The van der Waals surface area contributed by atoms with Crippen LogP contribution < -0.4 is 10.1 Å². The number of hydrogen-bond acceptors (Lipinski definition) is 6. The summed E-state index contributed by atoms with van der Waals surface area (Å²) in [7, 11) is 1.49. The number of hydrogen-bond donors (Lipinski definition) is 3. The van der Waals surface area contributed by atoms with E-state index in [2.05, 4.69) is 42.0 Å². The first-order valence-corrected chi connectivity index (χ1v) is 12.8. The van der Waals surface area contributed by atoms with Gasteiger partial charge >= 0.3 is 0 Å². The molecular weight excluding hydrogens is 507 g/mol. The van der Waals surface area contributed by atoms with Crippen molar-refractivity contribution in [2.45, 2.75) is 71.4 Å². The van der Waals surface area contributed by atoms with E-state index >= 15 is 0 Å². The van der Waals surface area contributed by atoms with E-state index in [0.717, 1.165) is 6.42 Å². The first-order valence-electron chi connectivity index (χ1n) is 12.0. The van der Waals surface area contributed by atoms with Gasteiger partial charge in [0.1, 0.15) is 23.7 Å². The van der Waals surface area contributed by atoms with Crippen LogP contribution in [0, 0.1) is 34.9 Å². The average Bonchev–Trinajstić information content (AvgIpc) is 3.13. The fraction of sp³-hybridized carbons (Fsp3) is 0.720. The maximum Gasteiger partial charge on any atom is 0.240 e. The lowest BCUT2D eigenvalue weighted by atomic mass is 9.45. The molecule has 3 saturated carbocycles. The van der Waals surface area contributed by atoms with Crippen LogP contribution in [0.2, 0.25) is 0 Å². The molecule has 1 aromatic carbocycles. The topological polar surface area (TPSA) is 91.3 Å². The molecule has 2 bridgehead atoms. The Morgan fingerprint density at radius 3 is 2.68 bits per heavy atom. The zero-order valence-corrected chi connectivity index (χ0v) is 22.0. The van der Waals surface area contributed by atoms with Gasteiger partial charge < -0.3 is 20.3 Å². The Morgan fingerprint density at radius 2 is 2.12 bits per heavy atom. The van der Waals surface area contributed by atoms with Crippen molar-refractivity contribution in [3.63, 3.8) is 0 Å². The zero-order chi connectivity index (χ0) is 24.9. The van der Waals surface area contributed by atoms with Gasteiger partial charge in [0.05, 0.1) is 30.8 Å². The highest BCUT2D eigenvalue weighted by Crippen LogP contribution is 2.61. The lowest BCUT2D eigenvalue weighted by Crippen LogP contribution is -2.62. The summed E-state index contributed by atoms with van der Waals surface area (Å²) in [4.78, 5) is 19.6. The Balaban J connectivity index is 1.59. The van der Waals surface area contributed by atoms with Gasteiger partial charge in [0.2, 0.25) is 5.91 Å². The average molecular weight is 543 g/mol. The van der Waals surface area contributed by atoms with E-state index in [1.807, 2.05) is 0 Å². The second kappa shape index (κ2) is 9.65. The Kier molecular flexibility index (Phi) is 7.33. The van der Waals surface area contributed by atoms with Gasteiger partial charge in [-0.1, -0.05) is 20.8 Å². The number of methoxy groups -OCH3 is 1. The van der Waals surface area contributed by atoms with Crippen LogP contribution in [0.1, 0.15) is 46.1 Å². The molecule has 1 amide bonds. The van der Waals surface area contributed by atoms with Crippen LogP contribution in [0.25, 0.3) is 0 Å².